The lowest BCUT2D eigenvalue weighted by Gasteiger charge is -2.27. The quantitative estimate of drug-likeness (QED) is 0.834. The van der Waals surface area contributed by atoms with Crippen molar-refractivity contribution in [3.63, 3.8) is 0 Å². The second-order valence-corrected chi connectivity index (χ2v) is 7.46. The maximum Gasteiger partial charge on any atom is 0.128 e. The highest BCUT2D eigenvalue weighted by atomic mass is 16.5. The molecule has 3 heterocycles. The summed E-state index contributed by atoms with van der Waals surface area (Å²) in [6.45, 7) is 9.84. The largest absolute Gasteiger partial charge is 0.381 e. The van der Waals surface area contributed by atoms with Crippen molar-refractivity contribution in [1.82, 2.24) is 9.88 Å². The topological polar surface area (TPSA) is 28.6 Å². The fourth-order valence-electron chi connectivity index (χ4n) is 3.82. The summed E-state index contributed by atoms with van der Waals surface area (Å²) in [5.41, 5.74) is 1.33. The molecule has 1 aromatic rings. The van der Waals surface area contributed by atoms with Crippen molar-refractivity contribution in [2.45, 2.75) is 45.7 Å². The number of ether oxygens (including phenoxy) is 1. The number of nitrogens with zero attached hydrogens (tertiary/aromatic N) is 3. The van der Waals surface area contributed by atoms with Gasteiger partial charge in [-0.3, -0.25) is 4.90 Å². The van der Waals surface area contributed by atoms with Crippen LogP contribution in [0.3, 0.4) is 0 Å². The van der Waals surface area contributed by atoms with Crippen molar-refractivity contribution >= 4 is 5.82 Å². The Labute approximate surface area is 140 Å². The first-order valence-electron chi connectivity index (χ1n) is 9.11. The SMILES string of the molecule is CC(C)N(C)c1ccc(CN2CCC(C3CCOCC3)C2)cn1. The number of hydrogen-bond acceptors (Lipinski definition) is 4. The summed E-state index contributed by atoms with van der Waals surface area (Å²) >= 11 is 0. The van der Waals surface area contributed by atoms with Crippen LogP contribution >= 0.6 is 0 Å². The van der Waals surface area contributed by atoms with Gasteiger partial charge in [-0.2, -0.15) is 0 Å². The van der Waals surface area contributed by atoms with E-state index in [0.29, 0.717) is 6.04 Å². The maximum absolute atomic E-state index is 5.50. The number of likely N-dealkylation sites (tertiary alicyclic amines) is 1. The number of anilines is 1. The van der Waals surface area contributed by atoms with Crippen LogP contribution in [0.1, 0.15) is 38.7 Å². The zero-order chi connectivity index (χ0) is 16.2. The molecule has 1 unspecified atom stereocenters. The molecule has 2 aliphatic rings. The van der Waals surface area contributed by atoms with Crippen molar-refractivity contribution in [1.29, 1.82) is 0 Å². The van der Waals surface area contributed by atoms with Crippen LogP contribution in [0.2, 0.25) is 0 Å². The summed E-state index contributed by atoms with van der Waals surface area (Å²) < 4.78 is 5.50. The lowest BCUT2D eigenvalue weighted by atomic mass is 9.85. The van der Waals surface area contributed by atoms with Crippen LogP contribution in [-0.2, 0) is 11.3 Å². The fourth-order valence-corrected chi connectivity index (χ4v) is 3.82. The Balaban J connectivity index is 1.52. The molecule has 0 aliphatic carbocycles. The average Bonchev–Trinajstić information content (AvgIpc) is 3.04. The van der Waals surface area contributed by atoms with E-state index in [1.54, 1.807) is 0 Å². The minimum absolute atomic E-state index is 0.479. The Morgan fingerprint density at radius 1 is 1.22 bits per heavy atom. The lowest BCUT2D eigenvalue weighted by Crippen LogP contribution is -2.27. The third-order valence-electron chi connectivity index (χ3n) is 5.59. The standard InChI is InChI=1S/C19H31N3O/c1-15(2)21(3)19-5-4-16(12-20-19)13-22-9-6-18(14-22)17-7-10-23-11-8-17/h4-5,12,15,17-18H,6-11,13-14H2,1-3H3. The molecule has 0 amide bonds. The number of rotatable bonds is 5. The molecule has 0 aromatic carbocycles. The maximum atomic E-state index is 5.50. The van der Waals surface area contributed by atoms with E-state index in [4.69, 9.17) is 4.74 Å². The highest BCUT2D eigenvalue weighted by Crippen LogP contribution is 2.31. The van der Waals surface area contributed by atoms with Crippen molar-refractivity contribution < 1.29 is 4.74 Å². The summed E-state index contributed by atoms with van der Waals surface area (Å²) in [7, 11) is 2.10. The first kappa shape index (κ1) is 16.7. The van der Waals surface area contributed by atoms with Crippen molar-refractivity contribution in [2.24, 2.45) is 11.8 Å². The van der Waals surface area contributed by atoms with Gasteiger partial charge in [-0.05, 0) is 63.1 Å². The molecule has 4 nitrogen and oxygen atoms in total. The van der Waals surface area contributed by atoms with Gasteiger partial charge in [0, 0.05) is 45.6 Å². The highest BCUT2D eigenvalue weighted by molar-refractivity contribution is 5.39. The summed E-state index contributed by atoms with van der Waals surface area (Å²) in [5, 5.41) is 0. The predicted octanol–water partition coefficient (Wildman–Crippen LogP) is 3.17. The van der Waals surface area contributed by atoms with Gasteiger partial charge in [-0.15, -0.1) is 0 Å². The van der Waals surface area contributed by atoms with Crippen molar-refractivity contribution in [3.8, 4) is 0 Å². The minimum atomic E-state index is 0.479. The number of hydrogen-bond donors (Lipinski definition) is 0. The molecular formula is C19H31N3O. The van der Waals surface area contributed by atoms with E-state index in [9.17, 15) is 0 Å². The fraction of sp³-hybridized carbons (Fsp3) is 0.737. The van der Waals surface area contributed by atoms with Crippen LogP contribution in [-0.4, -0.2) is 49.3 Å². The van der Waals surface area contributed by atoms with Crippen LogP contribution < -0.4 is 4.90 Å². The van der Waals surface area contributed by atoms with Crippen LogP contribution in [0.15, 0.2) is 18.3 Å². The summed E-state index contributed by atoms with van der Waals surface area (Å²) in [6.07, 6.45) is 5.93. The Bertz CT molecular complexity index is 482. The van der Waals surface area contributed by atoms with Gasteiger partial charge in [0.2, 0.25) is 0 Å². The van der Waals surface area contributed by atoms with Gasteiger partial charge in [0.15, 0.2) is 0 Å². The van der Waals surface area contributed by atoms with E-state index < -0.39 is 0 Å². The van der Waals surface area contributed by atoms with Gasteiger partial charge < -0.3 is 9.64 Å². The molecule has 0 saturated carbocycles. The van der Waals surface area contributed by atoms with Crippen LogP contribution in [0.25, 0.3) is 0 Å². The van der Waals surface area contributed by atoms with Gasteiger partial charge in [0.05, 0.1) is 0 Å². The van der Waals surface area contributed by atoms with E-state index in [1.165, 1.54) is 37.9 Å². The molecule has 1 aromatic heterocycles. The zero-order valence-electron chi connectivity index (χ0n) is 14.9. The second kappa shape index (κ2) is 7.63. The van der Waals surface area contributed by atoms with Crippen molar-refractivity contribution in [2.75, 3.05) is 38.3 Å². The molecule has 128 valence electrons. The summed E-state index contributed by atoms with van der Waals surface area (Å²) in [4.78, 5) is 9.44. The molecular weight excluding hydrogens is 286 g/mol. The van der Waals surface area contributed by atoms with E-state index in [1.807, 2.05) is 0 Å². The number of aromatic nitrogens is 1. The molecule has 2 saturated heterocycles. The van der Waals surface area contributed by atoms with Gasteiger partial charge in [0.25, 0.3) is 0 Å². The number of pyridine rings is 1. The molecule has 0 N–H and O–H groups in total. The molecule has 23 heavy (non-hydrogen) atoms. The Kier molecular flexibility index (Phi) is 5.54. The third-order valence-corrected chi connectivity index (χ3v) is 5.59. The molecule has 0 spiro atoms. The lowest BCUT2D eigenvalue weighted by molar-refractivity contribution is 0.0477. The summed E-state index contributed by atoms with van der Waals surface area (Å²) in [5.74, 6) is 2.82. The Hall–Kier alpha value is -1.13. The molecule has 1 atom stereocenters. The normalized spacial score (nSPS) is 23.6. The minimum Gasteiger partial charge on any atom is -0.381 e. The summed E-state index contributed by atoms with van der Waals surface area (Å²) in [6, 6.07) is 4.87. The first-order chi connectivity index (χ1) is 11.1. The molecule has 0 radical (unpaired) electrons. The van der Waals surface area contributed by atoms with E-state index in [0.717, 1.165) is 37.4 Å². The Morgan fingerprint density at radius 2 is 2.00 bits per heavy atom. The van der Waals surface area contributed by atoms with Gasteiger partial charge in [-0.25, -0.2) is 4.98 Å². The van der Waals surface area contributed by atoms with E-state index in [2.05, 4.69) is 54.0 Å². The molecule has 2 aliphatic heterocycles. The van der Waals surface area contributed by atoms with Gasteiger partial charge in [-0.1, -0.05) is 6.07 Å². The van der Waals surface area contributed by atoms with E-state index in [-0.39, 0.29) is 0 Å². The first-order valence-corrected chi connectivity index (χ1v) is 9.11. The van der Waals surface area contributed by atoms with E-state index >= 15 is 0 Å². The molecule has 4 heteroatoms. The third kappa shape index (κ3) is 4.24. The van der Waals surface area contributed by atoms with Crippen LogP contribution in [0.5, 0.6) is 0 Å². The van der Waals surface area contributed by atoms with Crippen molar-refractivity contribution in [3.05, 3.63) is 23.9 Å². The Morgan fingerprint density at radius 3 is 2.65 bits per heavy atom. The van der Waals surface area contributed by atoms with Gasteiger partial charge >= 0.3 is 0 Å². The molecule has 0 bridgehead atoms. The monoisotopic (exact) mass is 317 g/mol. The highest BCUT2D eigenvalue weighted by Gasteiger charge is 2.30. The zero-order valence-corrected chi connectivity index (χ0v) is 14.9. The average molecular weight is 317 g/mol. The van der Waals surface area contributed by atoms with Gasteiger partial charge in [0.1, 0.15) is 5.82 Å². The van der Waals surface area contributed by atoms with Crippen LogP contribution in [0, 0.1) is 11.8 Å². The smallest absolute Gasteiger partial charge is 0.128 e. The van der Waals surface area contributed by atoms with Crippen LogP contribution in [0.4, 0.5) is 5.82 Å². The predicted molar refractivity (Wildman–Crippen MR) is 94.7 cm³/mol. The second-order valence-electron chi connectivity index (χ2n) is 7.46. The molecule has 2 fully saturated rings. The molecule has 3 rings (SSSR count).